The van der Waals surface area contributed by atoms with E-state index < -0.39 is 0 Å². The molecule has 98 valence electrons. The van der Waals surface area contributed by atoms with Crippen LogP contribution in [0.25, 0.3) is 0 Å². The van der Waals surface area contributed by atoms with E-state index >= 15 is 0 Å². The first kappa shape index (κ1) is 12.9. The number of hydrogen-bond donors (Lipinski definition) is 2. The molecule has 1 unspecified atom stereocenters. The number of ether oxygens (including phenoxy) is 1. The predicted molar refractivity (Wildman–Crippen MR) is 71.5 cm³/mol. The number of hydrogen-bond acceptors (Lipinski definition) is 3. The van der Waals surface area contributed by atoms with Crippen LogP contribution in [0.15, 0.2) is 18.2 Å². The van der Waals surface area contributed by atoms with E-state index in [9.17, 15) is 4.79 Å². The highest BCUT2D eigenvalue weighted by molar-refractivity contribution is 5.96. The van der Waals surface area contributed by atoms with Crippen molar-refractivity contribution in [2.75, 3.05) is 18.9 Å². The van der Waals surface area contributed by atoms with Crippen molar-refractivity contribution in [3.05, 3.63) is 29.3 Å². The first-order valence-corrected chi connectivity index (χ1v) is 6.43. The molecule has 1 aromatic carbocycles. The van der Waals surface area contributed by atoms with Gasteiger partial charge in [-0.2, -0.15) is 0 Å². The van der Waals surface area contributed by atoms with Crippen LogP contribution in [0.5, 0.6) is 0 Å². The van der Waals surface area contributed by atoms with E-state index in [0.717, 1.165) is 25.0 Å². The second-order valence-electron chi connectivity index (χ2n) is 4.72. The Morgan fingerprint density at radius 2 is 2.33 bits per heavy atom. The summed E-state index contributed by atoms with van der Waals surface area (Å²) in [4.78, 5) is 12.0. The lowest BCUT2D eigenvalue weighted by atomic mass is 10.1. The largest absolute Gasteiger partial charge is 0.398 e. The van der Waals surface area contributed by atoms with Crippen LogP contribution in [0.4, 0.5) is 5.69 Å². The average Bonchev–Trinajstić information content (AvgIpc) is 2.40. The zero-order chi connectivity index (χ0) is 13.0. The second-order valence-corrected chi connectivity index (χ2v) is 4.72. The Labute approximate surface area is 108 Å². The molecule has 0 saturated carbocycles. The molecule has 1 saturated heterocycles. The zero-order valence-electron chi connectivity index (χ0n) is 10.7. The standard InChI is InChI=1S/C14H20N2O2/c1-10-12(6-4-7-13(10)15)14(17)16-9-11-5-2-3-8-18-11/h4,6-7,11H,2-3,5,8-9,15H2,1H3,(H,16,17). The van der Waals surface area contributed by atoms with Gasteiger partial charge in [-0.3, -0.25) is 4.79 Å². The van der Waals surface area contributed by atoms with Gasteiger partial charge in [0.15, 0.2) is 0 Å². The first-order valence-electron chi connectivity index (χ1n) is 6.43. The number of nitrogen functional groups attached to an aromatic ring is 1. The number of carbonyl (C=O) groups excluding carboxylic acids is 1. The summed E-state index contributed by atoms with van der Waals surface area (Å²) in [7, 11) is 0. The van der Waals surface area contributed by atoms with E-state index in [1.165, 1.54) is 6.42 Å². The highest BCUT2D eigenvalue weighted by Gasteiger charge is 2.16. The Bertz CT molecular complexity index is 426. The highest BCUT2D eigenvalue weighted by Crippen LogP contribution is 2.16. The van der Waals surface area contributed by atoms with Crippen LogP contribution >= 0.6 is 0 Å². The van der Waals surface area contributed by atoms with Gasteiger partial charge in [-0.25, -0.2) is 0 Å². The topological polar surface area (TPSA) is 64.4 Å². The fourth-order valence-corrected chi connectivity index (χ4v) is 2.17. The van der Waals surface area contributed by atoms with Crippen molar-refractivity contribution in [3.63, 3.8) is 0 Å². The monoisotopic (exact) mass is 248 g/mol. The number of carbonyl (C=O) groups is 1. The normalized spacial score (nSPS) is 19.5. The number of anilines is 1. The Hall–Kier alpha value is -1.55. The average molecular weight is 248 g/mol. The minimum absolute atomic E-state index is 0.0750. The summed E-state index contributed by atoms with van der Waals surface area (Å²) >= 11 is 0. The van der Waals surface area contributed by atoms with Crippen LogP contribution in [-0.2, 0) is 4.74 Å². The lowest BCUT2D eigenvalue weighted by molar-refractivity contribution is 0.0169. The van der Waals surface area contributed by atoms with Crippen LogP contribution in [-0.4, -0.2) is 25.2 Å². The molecule has 1 heterocycles. The van der Waals surface area contributed by atoms with Crippen LogP contribution in [0.1, 0.15) is 35.2 Å². The highest BCUT2D eigenvalue weighted by atomic mass is 16.5. The molecule has 1 fully saturated rings. The number of amides is 1. The number of rotatable bonds is 3. The van der Waals surface area contributed by atoms with Crippen LogP contribution < -0.4 is 11.1 Å². The Kier molecular flexibility index (Phi) is 4.20. The Balaban J connectivity index is 1.93. The fourth-order valence-electron chi connectivity index (χ4n) is 2.17. The summed E-state index contributed by atoms with van der Waals surface area (Å²) in [5.41, 5.74) is 7.92. The molecule has 1 aromatic rings. The minimum atomic E-state index is -0.0750. The predicted octanol–water partition coefficient (Wildman–Crippen LogP) is 1.88. The summed E-state index contributed by atoms with van der Waals surface area (Å²) in [6.07, 6.45) is 3.48. The molecule has 3 N–H and O–H groups in total. The summed E-state index contributed by atoms with van der Waals surface area (Å²) in [5.74, 6) is -0.0750. The van der Waals surface area contributed by atoms with Gasteiger partial charge in [-0.1, -0.05) is 6.07 Å². The molecule has 1 aliphatic heterocycles. The van der Waals surface area contributed by atoms with E-state index in [-0.39, 0.29) is 12.0 Å². The molecule has 0 bridgehead atoms. The smallest absolute Gasteiger partial charge is 0.251 e. The molecule has 0 aromatic heterocycles. The van der Waals surface area contributed by atoms with Gasteiger partial charge in [0, 0.05) is 24.4 Å². The van der Waals surface area contributed by atoms with Gasteiger partial charge in [0.25, 0.3) is 5.91 Å². The Morgan fingerprint density at radius 1 is 1.50 bits per heavy atom. The van der Waals surface area contributed by atoms with Gasteiger partial charge >= 0.3 is 0 Å². The van der Waals surface area contributed by atoms with Crippen molar-refractivity contribution in [2.45, 2.75) is 32.3 Å². The minimum Gasteiger partial charge on any atom is -0.398 e. The lowest BCUT2D eigenvalue weighted by Gasteiger charge is -2.22. The second kappa shape index (κ2) is 5.87. The maximum Gasteiger partial charge on any atom is 0.251 e. The van der Waals surface area contributed by atoms with Crippen molar-refractivity contribution in [3.8, 4) is 0 Å². The maximum atomic E-state index is 12.0. The van der Waals surface area contributed by atoms with Crippen molar-refractivity contribution < 1.29 is 9.53 Å². The fraction of sp³-hybridized carbons (Fsp3) is 0.500. The third-order valence-electron chi connectivity index (χ3n) is 3.38. The van der Waals surface area contributed by atoms with E-state index in [1.54, 1.807) is 18.2 Å². The van der Waals surface area contributed by atoms with E-state index in [0.29, 0.717) is 17.8 Å². The molecule has 1 aliphatic rings. The SMILES string of the molecule is Cc1c(N)cccc1C(=O)NCC1CCCCO1. The summed E-state index contributed by atoms with van der Waals surface area (Å²) < 4.78 is 5.58. The quantitative estimate of drug-likeness (QED) is 0.803. The molecule has 1 amide bonds. The van der Waals surface area contributed by atoms with Crippen molar-refractivity contribution in [2.24, 2.45) is 0 Å². The van der Waals surface area contributed by atoms with Crippen molar-refractivity contribution in [1.29, 1.82) is 0 Å². The van der Waals surface area contributed by atoms with Crippen LogP contribution in [0.2, 0.25) is 0 Å². The number of nitrogens with two attached hydrogens (primary N) is 1. The number of benzene rings is 1. The third kappa shape index (κ3) is 3.01. The lowest BCUT2D eigenvalue weighted by Crippen LogP contribution is -2.35. The molecule has 4 heteroatoms. The maximum absolute atomic E-state index is 12.0. The van der Waals surface area contributed by atoms with Gasteiger partial charge in [0.1, 0.15) is 0 Å². The molecule has 1 atom stereocenters. The first-order chi connectivity index (χ1) is 8.68. The summed E-state index contributed by atoms with van der Waals surface area (Å²) in [5, 5.41) is 2.92. The van der Waals surface area contributed by atoms with Crippen molar-refractivity contribution in [1.82, 2.24) is 5.32 Å². The van der Waals surface area contributed by atoms with Crippen LogP contribution in [0, 0.1) is 6.92 Å². The summed E-state index contributed by atoms with van der Waals surface area (Å²) in [6, 6.07) is 5.40. The molecular weight excluding hydrogens is 228 g/mol. The molecule has 0 aliphatic carbocycles. The van der Waals surface area contributed by atoms with Gasteiger partial charge < -0.3 is 15.8 Å². The van der Waals surface area contributed by atoms with Gasteiger partial charge in [0.2, 0.25) is 0 Å². The molecular formula is C14H20N2O2. The van der Waals surface area contributed by atoms with Gasteiger partial charge in [-0.05, 0) is 43.9 Å². The zero-order valence-corrected chi connectivity index (χ0v) is 10.7. The number of nitrogens with one attached hydrogen (secondary N) is 1. The van der Waals surface area contributed by atoms with Gasteiger partial charge in [-0.15, -0.1) is 0 Å². The van der Waals surface area contributed by atoms with E-state index in [1.807, 2.05) is 6.92 Å². The molecule has 0 radical (unpaired) electrons. The van der Waals surface area contributed by atoms with Crippen molar-refractivity contribution >= 4 is 11.6 Å². The third-order valence-corrected chi connectivity index (χ3v) is 3.38. The van der Waals surface area contributed by atoms with Crippen LogP contribution in [0.3, 0.4) is 0 Å². The molecule has 18 heavy (non-hydrogen) atoms. The molecule has 2 rings (SSSR count). The molecule has 0 spiro atoms. The van der Waals surface area contributed by atoms with E-state index in [4.69, 9.17) is 10.5 Å². The van der Waals surface area contributed by atoms with E-state index in [2.05, 4.69) is 5.32 Å². The van der Waals surface area contributed by atoms with Gasteiger partial charge in [0.05, 0.1) is 6.10 Å². The molecule has 4 nitrogen and oxygen atoms in total. The summed E-state index contributed by atoms with van der Waals surface area (Å²) in [6.45, 7) is 3.24. The Morgan fingerprint density at radius 3 is 3.06 bits per heavy atom.